The van der Waals surface area contributed by atoms with Gasteiger partial charge in [0.25, 0.3) is 0 Å². The number of phosphoric acid groups is 1. The number of hydrogen-bond acceptors (Lipinski definition) is 14. The highest BCUT2D eigenvalue weighted by atomic mass is 32.2. The summed E-state index contributed by atoms with van der Waals surface area (Å²) in [5.41, 5.74) is 6.36. The summed E-state index contributed by atoms with van der Waals surface area (Å²) in [5.74, 6) is -8.55. The molecular weight excluding hydrogens is 821 g/mol. The lowest BCUT2D eigenvalue weighted by atomic mass is 10.0. The largest absolute Gasteiger partial charge is 0.504 e. The van der Waals surface area contributed by atoms with Crippen molar-refractivity contribution in [2.75, 3.05) is 31.2 Å². The number of aromatic amines is 1. The summed E-state index contributed by atoms with van der Waals surface area (Å²) in [6, 6.07) is -4.07. The molecule has 1 saturated heterocycles. The topological polar surface area (TPSA) is 365 Å². The summed E-state index contributed by atoms with van der Waals surface area (Å²) < 4.78 is 16.4. The number of thioether (sulfide) groups is 1. The van der Waals surface area contributed by atoms with Gasteiger partial charge in [-0.15, -0.1) is 11.8 Å². The number of carbonyl (C=O) groups excluding carboxylic acids is 7. The van der Waals surface area contributed by atoms with Gasteiger partial charge in [-0.3, -0.25) is 38.1 Å². The smallest absolute Gasteiger partial charge is 0.469 e. The maximum Gasteiger partial charge on any atom is 0.469 e. The predicted molar refractivity (Wildman–Crippen MR) is 208 cm³/mol. The van der Waals surface area contributed by atoms with Crippen LogP contribution in [-0.4, -0.2) is 149 Å². The average Bonchev–Trinajstić information content (AvgIpc) is 3.66. The van der Waals surface area contributed by atoms with Gasteiger partial charge in [0.05, 0.1) is 31.3 Å². The lowest BCUT2D eigenvalue weighted by Gasteiger charge is -2.28. The van der Waals surface area contributed by atoms with E-state index in [2.05, 4.69) is 41.1 Å². The minimum absolute atomic E-state index is 0.0695. The maximum atomic E-state index is 13.8. The number of carbonyl (C=O) groups is 7. The first-order valence-electron chi connectivity index (χ1n) is 18.2. The molecule has 7 amide bonds. The van der Waals surface area contributed by atoms with E-state index in [4.69, 9.17) is 5.73 Å². The van der Waals surface area contributed by atoms with Crippen LogP contribution < -0.4 is 32.3 Å². The van der Waals surface area contributed by atoms with E-state index in [0.717, 1.165) is 23.6 Å². The number of primary amides is 1. The Balaban J connectivity index is 2.05. The normalized spacial score (nSPS) is 23.0. The van der Waals surface area contributed by atoms with Gasteiger partial charge in [-0.25, -0.2) is 9.55 Å². The second-order valence-corrected chi connectivity index (χ2v) is 16.2. The van der Waals surface area contributed by atoms with Gasteiger partial charge in [0.1, 0.15) is 30.2 Å². The second kappa shape index (κ2) is 22.2. The predicted octanol–water partition coefficient (Wildman–Crippen LogP) is -3.37. The standard InChI is InChI=1S/C34H50N9O14PS/c1-17(2)8-21-31(50)39-22(10-20-11-36-16-37-20)32(51)40-23(13-44)33(52)42-29(18(3)57-58(54,55)56)34(53)41-24(30(35)49)14-59-15-28(48)43(12-27(47)38-21)7-6-19-4-5-25(45)26(46)9-19/h4-5,9,11,16-18,21-24,29,44-46H,6-8,10,12-15H2,1-3H3,(H2,35,49)(H,36,37)(H,38,47)(H,39,50)(H,40,51)(H,41,53)(H,42,52)(H2,54,55,56)/t18-,21+,22+,23+,24-,29+/m1/s1. The number of hydrogen-bond donors (Lipinski definition) is 12. The third-order valence-electron chi connectivity index (χ3n) is 8.71. The Hall–Kier alpha value is -5.26. The quantitative estimate of drug-likeness (QED) is 0.0732. The van der Waals surface area contributed by atoms with Gasteiger partial charge in [0.15, 0.2) is 11.5 Å². The van der Waals surface area contributed by atoms with E-state index in [1.165, 1.54) is 30.7 Å². The van der Waals surface area contributed by atoms with Crippen molar-refractivity contribution in [1.82, 2.24) is 41.5 Å². The molecule has 326 valence electrons. The van der Waals surface area contributed by atoms with Crippen molar-refractivity contribution in [2.45, 2.75) is 76.3 Å². The fourth-order valence-corrected chi connectivity index (χ4v) is 7.21. The highest BCUT2D eigenvalue weighted by Gasteiger charge is 2.37. The molecule has 2 heterocycles. The number of nitrogens with one attached hydrogen (secondary N) is 6. The third-order valence-corrected chi connectivity index (χ3v) is 10.3. The summed E-state index contributed by atoms with van der Waals surface area (Å²) >= 11 is 0.812. The van der Waals surface area contributed by atoms with Crippen molar-refractivity contribution in [2.24, 2.45) is 11.7 Å². The third kappa shape index (κ3) is 15.8. The summed E-state index contributed by atoms with van der Waals surface area (Å²) in [5, 5.41) is 41.7. The van der Waals surface area contributed by atoms with Crippen LogP contribution in [0.5, 0.6) is 11.5 Å². The minimum atomic E-state index is -5.30. The van der Waals surface area contributed by atoms with Crippen molar-refractivity contribution < 1.29 is 67.8 Å². The van der Waals surface area contributed by atoms with Crippen LogP contribution in [0.25, 0.3) is 0 Å². The molecule has 0 spiro atoms. The van der Waals surface area contributed by atoms with E-state index in [-0.39, 0.29) is 49.0 Å². The molecule has 1 fully saturated rings. The number of aliphatic hydroxyl groups excluding tert-OH is 1. The van der Waals surface area contributed by atoms with E-state index in [1.54, 1.807) is 13.8 Å². The zero-order chi connectivity index (χ0) is 44.0. The lowest BCUT2D eigenvalue weighted by molar-refractivity contribution is -0.137. The Morgan fingerprint density at radius 3 is 2.20 bits per heavy atom. The zero-order valence-corrected chi connectivity index (χ0v) is 34.0. The summed E-state index contributed by atoms with van der Waals surface area (Å²) in [7, 11) is -5.30. The molecule has 0 radical (unpaired) electrons. The maximum absolute atomic E-state index is 13.8. The molecule has 1 aromatic carbocycles. The monoisotopic (exact) mass is 871 g/mol. The molecule has 25 heteroatoms. The number of phenols is 2. The van der Waals surface area contributed by atoms with Crippen LogP contribution in [-0.2, 0) is 55.5 Å². The van der Waals surface area contributed by atoms with Gasteiger partial charge in [0.2, 0.25) is 41.4 Å². The van der Waals surface area contributed by atoms with Gasteiger partial charge in [-0.1, -0.05) is 19.9 Å². The molecule has 59 heavy (non-hydrogen) atoms. The van der Waals surface area contributed by atoms with Crippen LogP contribution in [0.2, 0.25) is 0 Å². The summed E-state index contributed by atoms with van der Waals surface area (Å²) in [4.78, 5) is 121. The number of aromatic hydroxyl groups is 2. The van der Waals surface area contributed by atoms with Crippen molar-refractivity contribution in [1.29, 1.82) is 0 Å². The molecule has 13 N–H and O–H groups in total. The molecule has 2 aromatic rings. The number of phosphoric ester groups is 1. The molecule has 0 saturated carbocycles. The number of rotatable bonds is 12. The first kappa shape index (κ1) is 48.1. The Bertz CT molecular complexity index is 1860. The second-order valence-electron chi connectivity index (χ2n) is 14.0. The fraction of sp³-hybridized carbons (Fsp3) is 0.529. The highest BCUT2D eigenvalue weighted by molar-refractivity contribution is 8.00. The number of H-pyrrole nitrogens is 1. The molecule has 1 aliphatic heterocycles. The average molecular weight is 872 g/mol. The van der Waals surface area contributed by atoms with Gasteiger partial charge in [0, 0.05) is 30.6 Å². The molecule has 0 bridgehead atoms. The van der Waals surface area contributed by atoms with Crippen molar-refractivity contribution in [3.63, 3.8) is 0 Å². The molecule has 1 aromatic heterocycles. The fourth-order valence-electron chi connectivity index (χ4n) is 5.70. The number of benzene rings is 1. The number of imidazole rings is 1. The van der Waals surface area contributed by atoms with Crippen LogP contribution in [0.3, 0.4) is 0 Å². The SMILES string of the molecule is CC(C)C[C@@H]1NC(=O)CN(CCc2ccc(O)c(O)c2)C(=O)CSC[C@H](C(N)=O)NC(=O)[C@H]([C@@H](C)OP(=O)(O)O)NC(=O)[C@H](CO)NC(=O)[C@H](Cc2cnc[nH]2)NC1=O. The molecule has 0 unspecified atom stereocenters. The van der Waals surface area contributed by atoms with Crippen LogP contribution >= 0.6 is 19.6 Å². The van der Waals surface area contributed by atoms with Crippen LogP contribution in [0, 0.1) is 5.92 Å². The van der Waals surface area contributed by atoms with Crippen LogP contribution in [0.4, 0.5) is 0 Å². The zero-order valence-electron chi connectivity index (χ0n) is 32.3. The van der Waals surface area contributed by atoms with Crippen molar-refractivity contribution >= 4 is 60.9 Å². The molecular formula is C34H50N9O14PS. The number of phenolic OH excluding ortho intramolecular Hbond substituents is 2. The Kier molecular flexibility index (Phi) is 18.1. The Morgan fingerprint density at radius 1 is 0.949 bits per heavy atom. The number of nitrogens with zero attached hydrogens (tertiary/aromatic N) is 2. The van der Waals surface area contributed by atoms with Gasteiger partial charge in [-0.05, 0) is 43.4 Å². The number of nitrogens with two attached hydrogens (primary N) is 1. The molecule has 1 aliphatic rings. The number of aromatic nitrogens is 2. The molecule has 6 atom stereocenters. The van der Waals surface area contributed by atoms with E-state index >= 15 is 0 Å². The van der Waals surface area contributed by atoms with E-state index < -0.39 is 104 Å². The van der Waals surface area contributed by atoms with Gasteiger partial charge >= 0.3 is 7.82 Å². The molecule has 23 nitrogen and oxygen atoms in total. The van der Waals surface area contributed by atoms with Crippen LogP contribution in [0.1, 0.15) is 38.4 Å². The first-order chi connectivity index (χ1) is 27.7. The van der Waals surface area contributed by atoms with Gasteiger partial charge < -0.3 is 67.3 Å². The lowest BCUT2D eigenvalue weighted by Crippen LogP contribution is -2.62. The van der Waals surface area contributed by atoms with E-state index in [1.807, 2.05) is 0 Å². The Morgan fingerprint density at radius 2 is 1.61 bits per heavy atom. The van der Waals surface area contributed by atoms with Crippen LogP contribution in [0.15, 0.2) is 30.7 Å². The minimum Gasteiger partial charge on any atom is -0.504 e. The first-order valence-corrected chi connectivity index (χ1v) is 20.8. The van der Waals surface area contributed by atoms with E-state index in [9.17, 15) is 63.2 Å². The van der Waals surface area contributed by atoms with Gasteiger partial charge in [-0.2, -0.15) is 0 Å². The number of aliphatic hydroxyl groups is 1. The van der Waals surface area contributed by atoms with Crippen molar-refractivity contribution in [3.05, 3.63) is 42.0 Å². The highest BCUT2D eigenvalue weighted by Crippen LogP contribution is 2.38. The summed E-state index contributed by atoms with van der Waals surface area (Å²) in [6.45, 7) is 2.80. The molecule has 3 rings (SSSR count). The number of amides is 7. The Labute approximate surface area is 342 Å². The molecule has 0 aliphatic carbocycles. The summed E-state index contributed by atoms with van der Waals surface area (Å²) in [6.07, 6.45) is 0.795. The van der Waals surface area contributed by atoms with E-state index in [0.29, 0.717) is 11.3 Å². The van der Waals surface area contributed by atoms with Crippen molar-refractivity contribution in [3.8, 4) is 11.5 Å².